The molecule has 2 aromatic carbocycles. The number of aliphatic hydroxyl groups is 1. The van der Waals surface area contributed by atoms with Gasteiger partial charge in [-0.1, -0.05) is 47.8 Å². The van der Waals surface area contributed by atoms with E-state index in [1.807, 2.05) is 0 Å². The fourth-order valence-corrected chi connectivity index (χ4v) is 7.71. The second kappa shape index (κ2) is 17.9. The Kier molecular flexibility index (Phi) is 14.3. The molecular formula is C31H33N5O9S4. The summed E-state index contributed by atoms with van der Waals surface area (Å²) in [5, 5.41) is 15.2. The van der Waals surface area contributed by atoms with Crippen LogP contribution in [0, 0.1) is 0 Å². The molecule has 4 rings (SSSR count). The molecule has 18 heteroatoms. The summed E-state index contributed by atoms with van der Waals surface area (Å²) < 4.78 is 53.3. The van der Waals surface area contributed by atoms with Crippen molar-refractivity contribution >= 4 is 76.7 Å². The number of rotatable bonds is 14. The van der Waals surface area contributed by atoms with Gasteiger partial charge in [-0.2, -0.15) is 5.10 Å². The van der Waals surface area contributed by atoms with Gasteiger partial charge in [-0.05, 0) is 36.4 Å². The van der Waals surface area contributed by atoms with E-state index >= 15 is 0 Å². The van der Waals surface area contributed by atoms with Gasteiger partial charge < -0.3 is 5.11 Å². The SMILES string of the molecule is CC(=O)SCC(=O)c1cccc(S(=O)(=O)N(C)c2cn[nH]c2)c1.CC(=O)SCC(=O)c1cccc(S(=O)(=O)N(CCO)c2ccncc2)c1. The normalized spacial score (nSPS) is 11.2. The first-order valence-corrected chi connectivity index (χ1v) is 19.1. The molecule has 4 aromatic rings. The first-order chi connectivity index (χ1) is 23.2. The number of ketones is 2. The Morgan fingerprint density at radius 1 is 0.776 bits per heavy atom. The number of hydrogen-bond donors (Lipinski definition) is 2. The maximum absolute atomic E-state index is 13.0. The van der Waals surface area contributed by atoms with Crippen molar-refractivity contribution in [3.63, 3.8) is 0 Å². The van der Waals surface area contributed by atoms with Crippen molar-refractivity contribution in [3.05, 3.63) is 96.6 Å². The van der Waals surface area contributed by atoms with Crippen LogP contribution in [0.2, 0.25) is 0 Å². The van der Waals surface area contributed by atoms with Gasteiger partial charge in [0.2, 0.25) is 0 Å². The minimum Gasteiger partial charge on any atom is -0.394 e. The average molecular weight is 748 g/mol. The van der Waals surface area contributed by atoms with Crippen LogP contribution in [-0.4, -0.2) is 90.6 Å². The van der Waals surface area contributed by atoms with Crippen LogP contribution in [0.15, 0.2) is 95.2 Å². The summed E-state index contributed by atoms with van der Waals surface area (Å²) in [4.78, 5) is 49.9. The van der Waals surface area contributed by atoms with Gasteiger partial charge in [-0.25, -0.2) is 16.8 Å². The summed E-state index contributed by atoms with van der Waals surface area (Å²) in [6, 6.07) is 14.4. The van der Waals surface area contributed by atoms with Gasteiger partial charge in [-0.3, -0.25) is 37.9 Å². The molecule has 0 radical (unpaired) electrons. The zero-order valence-electron chi connectivity index (χ0n) is 26.5. The molecule has 260 valence electrons. The predicted molar refractivity (Wildman–Crippen MR) is 188 cm³/mol. The van der Waals surface area contributed by atoms with E-state index in [1.165, 1.54) is 106 Å². The van der Waals surface area contributed by atoms with Crippen LogP contribution in [0.25, 0.3) is 0 Å². The molecule has 2 N–H and O–H groups in total. The molecule has 0 aliphatic carbocycles. The Morgan fingerprint density at radius 2 is 1.29 bits per heavy atom. The number of carbonyl (C=O) groups excluding carboxylic acids is 4. The third-order valence-electron chi connectivity index (χ3n) is 6.47. The van der Waals surface area contributed by atoms with Crippen LogP contribution in [0.3, 0.4) is 0 Å². The summed E-state index contributed by atoms with van der Waals surface area (Å²) >= 11 is 1.76. The molecule has 14 nitrogen and oxygen atoms in total. The van der Waals surface area contributed by atoms with E-state index in [0.29, 0.717) is 11.4 Å². The van der Waals surface area contributed by atoms with E-state index < -0.39 is 20.0 Å². The summed E-state index contributed by atoms with van der Waals surface area (Å²) in [5.74, 6) is -0.701. The van der Waals surface area contributed by atoms with Crippen molar-refractivity contribution in [3.8, 4) is 0 Å². The van der Waals surface area contributed by atoms with Crippen LogP contribution in [0.5, 0.6) is 0 Å². The standard InChI is InChI=1S/C17H18N2O5S2.C14H15N3O4S2/c1-13(21)25-12-17(22)14-3-2-4-16(11-14)26(23,24)19(9-10-20)15-5-7-18-8-6-15;1-10(18)22-9-14(19)11-4-3-5-13(6-11)23(20,21)17(2)12-7-15-16-8-12/h2-8,11,20H,9-10,12H2,1H3;3-8H,9H2,1-2H3,(H,15,16). The quantitative estimate of drug-likeness (QED) is 0.178. The number of Topliss-reactive ketones (excluding diaryl/α,β-unsaturated/α-hetero) is 2. The van der Waals surface area contributed by atoms with Crippen LogP contribution in [0.1, 0.15) is 34.6 Å². The van der Waals surface area contributed by atoms with E-state index in [4.69, 9.17) is 0 Å². The molecule has 49 heavy (non-hydrogen) atoms. The van der Waals surface area contributed by atoms with E-state index in [1.54, 1.807) is 0 Å². The molecule has 0 atom stereocenters. The highest BCUT2D eigenvalue weighted by atomic mass is 32.2. The predicted octanol–water partition coefficient (Wildman–Crippen LogP) is 3.43. The van der Waals surface area contributed by atoms with Crippen molar-refractivity contribution < 1.29 is 41.1 Å². The van der Waals surface area contributed by atoms with Crippen LogP contribution < -0.4 is 8.61 Å². The lowest BCUT2D eigenvalue weighted by atomic mass is 10.1. The Balaban J connectivity index is 0.000000267. The minimum absolute atomic E-state index is 0.000116. The number of thioether (sulfide) groups is 2. The first-order valence-electron chi connectivity index (χ1n) is 14.2. The van der Waals surface area contributed by atoms with Gasteiger partial charge in [-0.15, -0.1) is 0 Å². The fourth-order valence-electron chi connectivity index (χ4n) is 3.99. The third kappa shape index (κ3) is 10.8. The number of sulfonamides is 2. The number of H-pyrrole nitrogens is 1. The Hall–Kier alpha value is -4.36. The summed E-state index contributed by atoms with van der Waals surface area (Å²) in [7, 11) is -6.38. The highest BCUT2D eigenvalue weighted by Gasteiger charge is 2.26. The van der Waals surface area contributed by atoms with E-state index in [-0.39, 0.29) is 67.4 Å². The molecule has 0 unspecified atom stereocenters. The number of aliphatic hydroxyl groups excluding tert-OH is 1. The number of benzene rings is 2. The average Bonchev–Trinajstić information content (AvgIpc) is 3.64. The molecule has 0 bridgehead atoms. The van der Waals surface area contributed by atoms with Crippen molar-refractivity contribution in [1.29, 1.82) is 0 Å². The highest BCUT2D eigenvalue weighted by Crippen LogP contribution is 2.25. The van der Waals surface area contributed by atoms with Crippen LogP contribution >= 0.6 is 23.5 Å². The molecule has 0 aliphatic heterocycles. The first kappa shape index (κ1) is 39.1. The van der Waals surface area contributed by atoms with E-state index in [9.17, 15) is 41.1 Å². The molecule has 0 amide bonds. The maximum atomic E-state index is 13.0. The van der Waals surface area contributed by atoms with Gasteiger partial charge in [0.05, 0.1) is 52.0 Å². The number of nitrogens with zero attached hydrogens (tertiary/aromatic N) is 4. The highest BCUT2D eigenvalue weighted by molar-refractivity contribution is 8.14. The Bertz CT molecular complexity index is 1990. The smallest absolute Gasteiger partial charge is 0.264 e. The summed E-state index contributed by atoms with van der Waals surface area (Å²) in [5.41, 5.74) is 1.20. The van der Waals surface area contributed by atoms with Crippen molar-refractivity contribution in [2.24, 2.45) is 0 Å². The second-order valence-electron chi connectivity index (χ2n) is 9.90. The third-order valence-corrected chi connectivity index (χ3v) is 11.7. The van der Waals surface area contributed by atoms with Gasteiger partial charge in [0, 0.05) is 50.6 Å². The molecule has 2 heterocycles. The lowest BCUT2D eigenvalue weighted by Gasteiger charge is -2.23. The topological polar surface area (TPSA) is 205 Å². The Labute approximate surface area is 292 Å². The largest absolute Gasteiger partial charge is 0.394 e. The van der Waals surface area contributed by atoms with Crippen molar-refractivity contribution in [2.75, 3.05) is 40.3 Å². The number of hydrogen-bond acceptors (Lipinski definition) is 13. The second-order valence-corrected chi connectivity index (χ2v) is 16.0. The van der Waals surface area contributed by atoms with Crippen molar-refractivity contribution in [2.45, 2.75) is 23.6 Å². The van der Waals surface area contributed by atoms with Gasteiger partial charge in [0.25, 0.3) is 20.0 Å². The summed E-state index contributed by atoms with van der Waals surface area (Å²) in [6.07, 6.45) is 5.74. The van der Waals surface area contributed by atoms with E-state index in [0.717, 1.165) is 32.1 Å². The zero-order valence-corrected chi connectivity index (χ0v) is 29.8. The van der Waals surface area contributed by atoms with E-state index in [2.05, 4.69) is 15.2 Å². The van der Waals surface area contributed by atoms with Gasteiger partial charge in [0.1, 0.15) is 0 Å². The van der Waals surface area contributed by atoms with Crippen LogP contribution in [-0.2, 0) is 29.6 Å². The molecule has 0 saturated carbocycles. The lowest BCUT2D eigenvalue weighted by molar-refractivity contribution is -0.109. The fraction of sp³-hybridized carbons (Fsp3) is 0.226. The van der Waals surface area contributed by atoms with Gasteiger partial charge in [0.15, 0.2) is 21.8 Å². The zero-order chi connectivity index (χ0) is 36.2. The number of nitrogens with one attached hydrogen (secondary N) is 1. The summed E-state index contributed by atoms with van der Waals surface area (Å²) in [6.45, 7) is 2.24. The molecule has 0 fully saturated rings. The number of anilines is 2. The number of carbonyl (C=O) groups is 4. The number of aromatic nitrogens is 3. The molecule has 0 aliphatic rings. The maximum Gasteiger partial charge on any atom is 0.264 e. The molecule has 0 spiro atoms. The van der Waals surface area contributed by atoms with Crippen molar-refractivity contribution in [1.82, 2.24) is 15.2 Å². The number of pyridine rings is 1. The molecule has 2 aromatic heterocycles. The van der Waals surface area contributed by atoms with Gasteiger partial charge >= 0.3 is 0 Å². The molecule has 0 saturated heterocycles. The number of aromatic amines is 1. The monoisotopic (exact) mass is 747 g/mol. The Morgan fingerprint density at radius 3 is 1.73 bits per heavy atom. The van der Waals surface area contributed by atoms with Crippen LogP contribution in [0.4, 0.5) is 11.4 Å². The lowest BCUT2D eigenvalue weighted by Crippen LogP contribution is -2.33. The minimum atomic E-state index is -3.98. The molecular weight excluding hydrogens is 715 g/mol.